The van der Waals surface area contributed by atoms with E-state index in [1.807, 2.05) is 17.9 Å². The zero-order valence-electron chi connectivity index (χ0n) is 13.3. The van der Waals surface area contributed by atoms with Crippen LogP contribution in [-0.2, 0) is 13.1 Å². The molecule has 0 aliphatic carbocycles. The number of aromatic nitrogens is 2. The smallest absolute Gasteiger partial charge is 0.0798 e. The molecule has 5 heteroatoms. The molecule has 0 spiro atoms. The van der Waals surface area contributed by atoms with Gasteiger partial charge in [-0.3, -0.25) is 4.98 Å². The van der Waals surface area contributed by atoms with E-state index in [0.29, 0.717) is 5.92 Å². The Balaban J connectivity index is 2.06. The van der Waals surface area contributed by atoms with Crippen molar-refractivity contribution < 1.29 is 0 Å². The van der Waals surface area contributed by atoms with Crippen molar-refractivity contribution in [3.05, 3.63) is 40.1 Å². The van der Waals surface area contributed by atoms with E-state index in [2.05, 4.69) is 54.1 Å². The van der Waals surface area contributed by atoms with Gasteiger partial charge < -0.3 is 10.2 Å². The highest BCUT2D eigenvalue weighted by Crippen LogP contribution is 2.22. The van der Waals surface area contributed by atoms with Crippen molar-refractivity contribution >= 4 is 17.0 Å². The second-order valence-corrected chi connectivity index (χ2v) is 6.69. The fraction of sp³-hybridized carbons (Fsp3) is 0.500. The fourth-order valence-corrected chi connectivity index (χ4v) is 3.03. The summed E-state index contributed by atoms with van der Waals surface area (Å²) in [6.45, 7) is 9.26. The summed E-state index contributed by atoms with van der Waals surface area (Å²) in [5, 5.41) is 3.49. The van der Waals surface area contributed by atoms with Gasteiger partial charge in [0, 0.05) is 42.1 Å². The lowest BCUT2D eigenvalue weighted by Gasteiger charge is -2.22. The van der Waals surface area contributed by atoms with Gasteiger partial charge in [0.05, 0.1) is 17.7 Å². The Bertz CT molecular complexity index is 565. The topological polar surface area (TPSA) is 41.1 Å². The van der Waals surface area contributed by atoms with Gasteiger partial charge in [0.2, 0.25) is 0 Å². The van der Waals surface area contributed by atoms with Gasteiger partial charge in [-0.05, 0) is 25.5 Å². The average molecular weight is 304 g/mol. The molecule has 2 aromatic rings. The zero-order valence-corrected chi connectivity index (χ0v) is 14.1. The van der Waals surface area contributed by atoms with Crippen molar-refractivity contribution in [3.8, 4) is 0 Å². The van der Waals surface area contributed by atoms with Crippen molar-refractivity contribution in [3.63, 3.8) is 0 Å². The summed E-state index contributed by atoms with van der Waals surface area (Å²) in [6, 6.07) is 2.09. The summed E-state index contributed by atoms with van der Waals surface area (Å²) >= 11 is 1.72. The molecule has 1 N–H and O–H groups in total. The Kier molecular flexibility index (Phi) is 5.70. The summed E-state index contributed by atoms with van der Waals surface area (Å²) in [6.07, 6.45) is 3.82. The Morgan fingerprint density at radius 2 is 2.19 bits per heavy atom. The monoisotopic (exact) mass is 304 g/mol. The van der Waals surface area contributed by atoms with E-state index >= 15 is 0 Å². The minimum absolute atomic E-state index is 0.655. The van der Waals surface area contributed by atoms with E-state index in [9.17, 15) is 0 Å². The Morgan fingerprint density at radius 1 is 1.38 bits per heavy atom. The van der Waals surface area contributed by atoms with Crippen LogP contribution in [0.1, 0.15) is 30.0 Å². The molecule has 0 radical (unpaired) electrons. The Labute approximate surface area is 131 Å². The highest BCUT2D eigenvalue weighted by atomic mass is 32.1. The van der Waals surface area contributed by atoms with Crippen LogP contribution in [0.4, 0.5) is 5.69 Å². The van der Waals surface area contributed by atoms with Gasteiger partial charge in [0.1, 0.15) is 0 Å². The number of pyridine rings is 1. The number of hydrogen-bond acceptors (Lipinski definition) is 5. The van der Waals surface area contributed by atoms with E-state index in [1.165, 1.54) is 16.1 Å². The fourth-order valence-electron chi connectivity index (χ4n) is 2.20. The molecule has 114 valence electrons. The Morgan fingerprint density at radius 3 is 2.86 bits per heavy atom. The number of nitrogens with zero attached hydrogens (tertiary/aromatic N) is 3. The Hall–Kier alpha value is -1.46. The van der Waals surface area contributed by atoms with Gasteiger partial charge in [-0.2, -0.15) is 0 Å². The molecule has 0 aliphatic rings. The maximum absolute atomic E-state index is 4.32. The largest absolute Gasteiger partial charge is 0.369 e. The molecular formula is C16H24N4S. The third kappa shape index (κ3) is 4.51. The summed E-state index contributed by atoms with van der Waals surface area (Å²) < 4.78 is 0. The maximum atomic E-state index is 4.32. The van der Waals surface area contributed by atoms with Crippen LogP contribution in [0.15, 0.2) is 24.0 Å². The van der Waals surface area contributed by atoms with E-state index in [4.69, 9.17) is 0 Å². The molecule has 0 atom stereocenters. The molecule has 0 aromatic carbocycles. The lowest BCUT2D eigenvalue weighted by molar-refractivity contribution is 0.551. The van der Waals surface area contributed by atoms with E-state index in [0.717, 1.165) is 25.3 Å². The first-order valence-electron chi connectivity index (χ1n) is 7.31. The average Bonchev–Trinajstić information content (AvgIpc) is 2.84. The first-order valence-corrected chi connectivity index (χ1v) is 8.19. The molecule has 0 bridgehead atoms. The van der Waals surface area contributed by atoms with Crippen LogP contribution in [0.25, 0.3) is 0 Å². The standard InChI is InChI=1S/C16H24N4S/c1-12(2)7-18-9-14-8-17-6-5-15(14)20(4)10-16-13(3)19-11-21-16/h5-6,8,11-12,18H,7,9-10H2,1-4H3. The van der Waals surface area contributed by atoms with Crippen molar-refractivity contribution in [1.29, 1.82) is 0 Å². The molecule has 0 amide bonds. The molecule has 2 heterocycles. The number of anilines is 1. The van der Waals surface area contributed by atoms with Gasteiger partial charge in [0.15, 0.2) is 0 Å². The minimum Gasteiger partial charge on any atom is -0.369 e. The summed E-state index contributed by atoms with van der Waals surface area (Å²) in [7, 11) is 2.13. The lowest BCUT2D eigenvalue weighted by Crippen LogP contribution is -2.23. The second kappa shape index (κ2) is 7.52. The van der Waals surface area contributed by atoms with Crippen molar-refractivity contribution in [1.82, 2.24) is 15.3 Å². The van der Waals surface area contributed by atoms with Crippen LogP contribution in [0.5, 0.6) is 0 Å². The SMILES string of the molecule is Cc1ncsc1CN(C)c1ccncc1CNCC(C)C. The molecule has 0 unspecified atom stereocenters. The van der Waals surface area contributed by atoms with Crippen LogP contribution in [-0.4, -0.2) is 23.6 Å². The van der Waals surface area contributed by atoms with Crippen LogP contribution >= 0.6 is 11.3 Å². The van der Waals surface area contributed by atoms with Crippen LogP contribution in [0.3, 0.4) is 0 Å². The second-order valence-electron chi connectivity index (χ2n) is 5.75. The summed E-state index contributed by atoms with van der Waals surface area (Å²) in [5.74, 6) is 0.655. The predicted molar refractivity (Wildman–Crippen MR) is 89.7 cm³/mol. The van der Waals surface area contributed by atoms with Crippen LogP contribution in [0, 0.1) is 12.8 Å². The van der Waals surface area contributed by atoms with Gasteiger partial charge in [-0.25, -0.2) is 4.98 Å². The molecule has 4 nitrogen and oxygen atoms in total. The first kappa shape index (κ1) is 15.9. The highest BCUT2D eigenvalue weighted by molar-refractivity contribution is 7.09. The van der Waals surface area contributed by atoms with Crippen LogP contribution in [0.2, 0.25) is 0 Å². The molecule has 21 heavy (non-hydrogen) atoms. The third-order valence-electron chi connectivity index (χ3n) is 3.38. The third-order valence-corrected chi connectivity index (χ3v) is 4.30. The van der Waals surface area contributed by atoms with Gasteiger partial charge >= 0.3 is 0 Å². The number of thiazole rings is 1. The van der Waals surface area contributed by atoms with E-state index in [1.54, 1.807) is 11.3 Å². The quantitative estimate of drug-likeness (QED) is 0.852. The first-order chi connectivity index (χ1) is 10.1. The summed E-state index contributed by atoms with van der Waals surface area (Å²) in [5.41, 5.74) is 5.51. The molecule has 2 aromatic heterocycles. The normalized spacial score (nSPS) is 11.1. The van der Waals surface area contributed by atoms with Gasteiger partial charge in [-0.15, -0.1) is 11.3 Å². The van der Waals surface area contributed by atoms with E-state index in [-0.39, 0.29) is 0 Å². The minimum atomic E-state index is 0.655. The van der Waals surface area contributed by atoms with Crippen molar-refractivity contribution in [2.24, 2.45) is 5.92 Å². The van der Waals surface area contributed by atoms with Gasteiger partial charge in [-0.1, -0.05) is 13.8 Å². The number of aryl methyl sites for hydroxylation is 1. The summed E-state index contributed by atoms with van der Waals surface area (Å²) in [4.78, 5) is 12.2. The van der Waals surface area contributed by atoms with Crippen LogP contribution < -0.4 is 10.2 Å². The number of hydrogen-bond donors (Lipinski definition) is 1. The van der Waals surface area contributed by atoms with E-state index < -0.39 is 0 Å². The van der Waals surface area contributed by atoms with Gasteiger partial charge in [0.25, 0.3) is 0 Å². The predicted octanol–water partition coefficient (Wildman–Crippen LogP) is 3.23. The highest BCUT2D eigenvalue weighted by Gasteiger charge is 2.10. The lowest BCUT2D eigenvalue weighted by atomic mass is 10.2. The molecule has 0 fully saturated rings. The van der Waals surface area contributed by atoms with Crippen molar-refractivity contribution in [2.75, 3.05) is 18.5 Å². The molecular weight excluding hydrogens is 280 g/mol. The maximum Gasteiger partial charge on any atom is 0.0798 e. The molecule has 0 saturated heterocycles. The molecule has 2 rings (SSSR count). The van der Waals surface area contributed by atoms with Crippen molar-refractivity contribution in [2.45, 2.75) is 33.9 Å². The number of rotatable bonds is 7. The molecule has 0 saturated carbocycles. The molecule has 0 aliphatic heterocycles. The number of nitrogens with one attached hydrogen (secondary N) is 1. The zero-order chi connectivity index (χ0) is 15.2.